The van der Waals surface area contributed by atoms with Crippen LogP contribution in [-0.2, 0) is 5.41 Å². The lowest BCUT2D eigenvalue weighted by Gasteiger charge is -2.13. The molecule has 0 bridgehead atoms. The van der Waals surface area contributed by atoms with Gasteiger partial charge in [-0.15, -0.1) is 0 Å². The van der Waals surface area contributed by atoms with Gasteiger partial charge in [-0.05, 0) is 23.0 Å². The Balaban J connectivity index is 0.000000461. The van der Waals surface area contributed by atoms with Crippen molar-refractivity contribution in [2.75, 3.05) is 0 Å². The standard InChI is InChI=1S/C7H11NS.C2H6/c1-7(2,3)6-4-5-8-9-6;1-2/h4-5H,1-3H3;1-2H3. The predicted octanol–water partition coefficient (Wildman–Crippen LogP) is 3.47. The van der Waals surface area contributed by atoms with Gasteiger partial charge in [0.25, 0.3) is 0 Å². The number of hydrogen-bond donors (Lipinski definition) is 0. The first-order valence-corrected chi connectivity index (χ1v) is 4.79. The van der Waals surface area contributed by atoms with Gasteiger partial charge in [0.2, 0.25) is 0 Å². The van der Waals surface area contributed by atoms with Crippen LogP contribution in [0, 0.1) is 0 Å². The van der Waals surface area contributed by atoms with Crippen LogP contribution < -0.4 is 0 Å². The fraction of sp³-hybridized carbons (Fsp3) is 0.667. The molecule has 0 aliphatic carbocycles. The van der Waals surface area contributed by atoms with E-state index in [2.05, 4.69) is 31.2 Å². The van der Waals surface area contributed by atoms with Crippen molar-refractivity contribution >= 4 is 11.5 Å². The van der Waals surface area contributed by atoms with Crippen molar-refractivity contribution in [1.82, 2.24) is 4.37 Å². The zero-order chi connectivity index (χ0) is 8.91. The molecule has 0 amide bonds. The molecule has 0 spiro atoms. The normalized spacial score (nSPS) is 10.3. The maximum absolute atomic E-state index is 4.03. The van der Waals surface area contributed by atoms with Crippen molar-refractivity contribution < 1.29 is 0 Å². The predicted molar refractivity (Wildman–Crippen MR) is 52.2 cm³/mol. The molecule has 0 aromatic carbocycles. The molecule has 0 saturated carbocycles. The van der Waals surface area contributed by atoms with Crippen LogP contribution in [-0.4, -0.2) is 4.37 Å². The summed E-state index contributed by atoms with van der Waals surface area (Å²) in [4.78, 5) is 1.35. The Morgan fingerprint density at radius 1 is 1.27 bits per heavy atom. The van der Waals surface area contributed by atoms with E-state index < -0.39 is 0 Å². The van der Waals surface area contributed by atoms with Gasteiger partial charge in [-0.25, -0.2) is 4.37 Å². The van der Waals surface area contributed by atoms with Crippen LogP contribution in [0.15, 0.2) is 12.3 Å². The Kier molecular flexibility index (Phi) is 4.34. The number of nitrogens with zero attached hydrogens (tertiary/aromatic N) is 1. The third-order valence-corrected chi connectivity index (χ3v) is 2.35. The second-order valence-electron chi connectivity index (χ2n) is 3.13. The molecular formula is C9H17NS. The molecule has 0 fully saturated rings. The lowest BCUT2D eigenvalue weighted by molar-refractivity contribution is 0.604. The van der Waals surface area contributed by atoms with Gasteiger partial charge in [0.05, 0.1) is 0 Å². The highest BCUT2D eigenvalue weighted by molar-refractivity contribution is 7.05. The molecular weight excluding hydrogens is 154 g/mol. The Hall–Kier alpha value is -0.370. The fourth-order valence-corrected chi connectivity index (χ4v) is 1.23. The van der Waals surface area contributed by atoms with E-state index in [1.54, 1.807) is 11.5 Å². The summed E-state index contributed by atoms with van der Waals surface area (Å²) in [5.41, 5.74) is 0.279. The summed E-state index contributed by atoms with van der Waals surface area (Å²) in [6, 6.07) is 2.07. The van der Waals surface area contributed by atoms with E-state index in [1.807, 2.05) is 20.0 Å². The minimum absolute atomic E-state index is 0.279. The quantitative estimate of drug-likeness (QED) is 0.582. The molecule has 2 heteroatoms. The van der Waals surface area contributed by atoms with Crippen molar-refractivity contribution in [3.05, 3.63) is 17.1 Å². The SMILES string of the molecule is CC.CC(C)(C)c1ccns1. The summed E-state index contributed by atoms with van der Waals surface area (Å²) in [6.45, 7) is 10.6. The molecule has 0 saturated heterocycles. The Morgan fingerprint density at radius 3 is 2.00 bits per heavy atom. The van der Waals surface area contributed by atoms with Crippen molar-refractivity contribution in [3.8, 4) is 0 Å². The fourth-order valence-electron chi connectivity index (χ4n) is 0.603. The van der Waals surface area contributed by atoms with Gasteiger partial charge in [-0.2, -0.15) is 0 Å². The molecule has 0 N–H and O–H groups in total. The van der Waals surface area contributed by atoms with Crippen molar-refractivity contribution in [1.29, 1.82) is 0 Å². The summed E-state index contributed by atoms with van der Waals surface area (Å²) in [5.74, 6) is 0. The molecule has 0 unspecified atom stereocenters. The highest BCUT2D eigenvalue weighted by Gasteiger charge is 2.14. The minimum atomic E-state index is 0.279. The van der Waals surface area contributed by atoms with Gasteiger partial charge in [0.1, 0.15) is 0 Å². The molecule has 0 aliphatic rings. The lowest BCUT2D eigenvalue weighted by Crippen LogP contribution is -2.07. The third kappa shape index (κ3) is 3.51. The van der Waals surface area contributed by atoms with Crippen LogP contribution in [0.5, 0.6) is 0 Å². The molecule has 1 heterocycles. The van der Waals surface area contributed by atoms with Crippen LogP contribution in [0.1, 0.15) is 39.5 Å². The second kappa shape index (κ2) is 4.50. The van der Waals surface area contributed by atoms with Gasteiger partial charge in [-0.1, -0.05) is 34.6 Å². The average molecular weight is 171 g/mol. The maximum atomic E-state index is 4.03. The van der Waals surface area contributed by atoms with E-state index >= 15 is 0 Å². The van der Waals surface area contributed by atoms with Crippen molar-refractivity contribution in [2.45, 2.75) is 40.0 Å². The zero-order valence-corrected chi connectivity index (χ0v) is 8.83. The van der Waals surface area contributed by atoms with Crippen LogP contribution in [0.4, 0.5) is 0 Å². The molecule has 0 atom stereocenters. The number of hydrogen-bond acceptors (Lipinski definition) is 2. The Bertz CT molecular complexity index is 172. The summed E-state index contributed by atoms with van der Waals surface area (Å²) < 4.78 is 4.03. The summed E-state index contributed by atoms with van der Waals surface area (Å²) in [7, 11) is 0. The first-order valence-electron chi connectivity index (χ1n) is 4.02. The average Bonchev–Trinajstić information content (AvgIpc) is 2.40. The van der Waals surface area contributed by atoms with Crippen LogP contribution in [0.25, 0.3) is 0 Å². The van der Waals surface area contributed by atoms with Gasteiger partial charge in [0, 0.05) is 11.1 Å². The van der Waals surface area contributed by atoms with Crippen molar-refractivity contribution in [2.24, 2.45) is 0 Å². The Labute approximate surface area is 73.6 Å². The molecule has 1 aromatic heterocycles. The molecule has 0 aliphatic heterocycles. The summed E-state index contributed by atoms with van der Waals surface area (Å²) in [5, 5.41) is 0. The second-order valence-corrected chi connectivity index (χ2v) is 3.96. The van der Waals surface area contributed by atoms with Gasteiger partial charge >= 0.3 is 0 Å². The third-order valence-electron chi connectivity index (χ3n) is 1.18. The van der Waals surface area contributed by atoms with Gasteiger partial charge in [0.15, 0.2) is 0 Å². The van der Waals surface area contributed by atoms with E-state index in [-0.39, 0.29) is 5.41 Å². The first kappa shape index (κ1) is 10.6. The van der Waals surface area contributed by atoms with Gasteiger partial charge < -0.3 is 0 Å². The van der Waals surface area contributed by atoms with E-state index in [0.717, 1.165) is 0 Å². The minimum Gasteiger partial charge on any atom is -0.201 e. The monoisotopic (exact) mass is 171 g/mol. The van der Waals surface area contributed by atoms with E-state index in [0.29, 0.717) is 0 Å². The van der Waals surface area contributed by atoms with Crippen LogP contribution >= 0.6 is 11.5 Å². The molecule has 1 nitrogen and oxygen atoms in total. The van der Waals surface area contributed by atoms with Crippen LogP contribution in [0.2, 0.25) is 0 Å². The van der Waals surface area contributed by atoms with E-state index in [1.165, 1.54) is 4.88 Å². The molecule has 1 rings (SSSR count). The summed E-state index contributed by atoms with van der Waals surface area (Å²) >= 11 is 1.58. The highest BCUT2D eigenvalue weighted by atomic mass is 32.1. The zero-order valence-electron chi connectivity index (χ0n) is 8.01. The van der Waals surface area contributed by atoms with E-state index in [4.69, 9.17) is 0 Å². The molecule has 64 valence electrons. The number of aromatic nitrogens is 1. The molecule has 1 aromatic rings. The van der Waals surface area contributed by atoms with Gasteiger partial charge in [-0.3, -0.25) is 0 Å². The smallest absolute Gasteiger partial charge is 0.0409 e. The highest BCUT2D eigenvalue weighted by Crippen LogP contribution is 2.24. The Morgan fingerprint density at radius 2 is 1.82 bits per heavy atom. The van der Waals surface area contributed by atoms with E-state index in [9.17, 15) is 0 Å². The largest absolute Gasteiger partial charge is 0.201 e. The van der Waals surface area contributed by atoms with Crippen LogP contribution in [0.3, 0.4) is 0 Å². The lowest BCUT2D eigenvalue weighted by atomic mass is 9.95. The summed E-state index contributed by atoms with van der Waals surface area (Å²) in [6.07, 6.45) is 1.85. The topological polar surface area (TPSA) is 12.9 Å². The molecule has 0 radical (unpaired) electrons. The van der Waals surface area contributed by atoms with Crippen molar-refractivity contribution in [3.63, 3.8) is 0 Å². The maximum Gasteiger partial charge on any atom is 0.0409 e. The molecule has 11 heavy (non-hydrogen) atoms. The first-order chi connectivity index (χ1) is 5.11. The number of rotatable bonds is 0.